The summed E-state index contributed by atoms with van der Waals surface area (Å²) < 4.78 is 56.0. The van der Waals surface area contributed by atoms with Crippen LogP contribution < -0.4 is 0 Å². The molecule has 0 saturated heterocycles. The topological polar surface area (TPSA) is 75.6 Å². The molecule has 1 unspecified atom stereocenters. The third-order valence-electron chi connectivity index (χ3n) is 5.78. The zero-order valence-corrected chi connectivity index (χ0v) is 18.6. The number of hydrogen-bond donors (Lipinski definition) is 2. The summed E-state index contributed by atoms with van der Waals surface area (Å²) in [5, 5.41) is 28.3. The van der Waals surface area contributed by atoms with Crippen molar-refractivity contribution in [1.29, 1.82) is 0 Å². The van der Waals surface area contributed by atoms with Gasteiger partial charge in [0.1, 0.15) is 11.5 Å². The molecule has 34 heavy (non-hydrogen) atoms. The van der Waals surface area contributed by atoms with Crippen LogP contribution in [0.5, 0.6) is 0 Å². The number of benzene rings is 1. The SMILES string of the molecule is CC(C)(O)c1cc2cc(Cn3cc(C(O)(CCF)C(F)F)nn3)ccn2c1-c1ccc(F)cc1. The minimum absolute atomic E-state index is 0.160. The zero-order valence-electron chi connectivity index (χ0n) is 18.6. The van der Waals surface area contributed by atoms with Crippen molar-refractivity contribution in [1.82, 2.24) is 19.4 Å². The lowest BCUT2D eigenvalue weighted by Gasteiger charge is -2.23. The predicted octanol–water partition coefficient (Wildman–Crippen LogP) is 4.42. The van der Waals surface area contributed by atoms with Crippen molar-refractivity contribution in [3.63, 3.8) is 0 Å². The maximum Gasteiger partial charge on any atom is 0.272 e. The summed E-state index contributed by atoms with van der Waals surface area (Å²) in [4.78, 5) is 0. The van der Waals surface area contributed by atoms with Crippen LogP contribution in [0.3, 0.4) is 0 Å². The summed E-state index contributed by atoms with van der Waals surface area (Å²) in [6, 6.07) is 11.4. The Hall–Kier alpha value is -3.24. The molecule has 3 heterocycles. The van der Waals surface area contributed by atoms with Crippen LogP contribution >= 0.6 is 0 Å². The Labute approximate surface area is 193 Å². The lowest BCUT2D eigenvalue weighted by Crippen LogP contribution is -2.35. The van der Waals surface area contributed by atoms with E-state index in [1.54, 1.807) is 38.2 Å². The largest absolute Gasteiger partial charge is 0.386 e. The van der Waals surface area contributed by atoms with Gasteiger partial charge in [-0.05, 0) is 67.4 Å². The fourth-order valence-electron chi connectivity index (χ4n) is 3.95. The lowest BCUT2D eigenvalue weighted by atomic mass is 9.95. The number of halogens is 4. The third-order valence-corrected chi connectivity index (χ3v) is 5.78. The number of aromatic nitrogens is 4. The Kier molecular flexibility index (Phi) is 6.22. The van der Waals surface area contributed by atoms with Crippen molar-refractivity contribution in [2.45, 2.75) is 44.4 Å². The number of fused-ring (bicyclic) bond motifs is 1. The molecule has 2 N–H and O–H groups in total. The van der Waals surface area contributed by atoms with E-state index in [1.165, 1.54) is 23.0 Å². The highest BCUT2D eigenvalue weighted by molar-refractivity contribution is 5.73. The fourth-order valence-corrected chi connectivity index (χ4v) is 3.95. The average Bonchev–Trinajstić information content (AvgIpc) is 3.39. The number of hydrogen-bond acceptors (Lipinski definition) is 4. The van der Waals surface area contributed by atoms with Crippen molar-refractivity contribution < 1.29 is 27.8 Å². The van der Waals surface area contributed by atoms with Gasteiger partial charge >= 0.3 is 0 Å². The molecular formula is C24H24F4N4O2. The smallest absolute Gasteiger partial charge is 0.272 e. The van der Waals surface area contributed by atoms with Crippen LogP contribution in [0, 0.1) is 5.82 Å². The second-order valence-corrected chi connectivity index (χ2v) is 8.77. The molecule has 3 aromatic heterocycles. The Balaban J connectivity index is 1.70. The molecule has 1 atom stereocenters. The van der Waals surface area contributed by atoms with Crippen molar-refractivity contribution >= 4 is 5.52 Å². The highest BCUT2D eigenvalue weighted by atomic mass is 19.3. The molecule has 0 spiro atoms. The molecule has 6 nitrogen and oxygen atoms in total. The summed E-state index contributed by atoms with van der Waals surface area (Å²) >= 11 is 0. The highest BCUT2D eigenvalue weighted by Gasteiger charge is 2.42. The van der Waals surface area contributed by atoms with E-state index in [9.17, 15) is 27.8 Å². The first-order valence-corrected chi connectivity index (χ1v) is 10.6. The van der Waals surface area contributed by atoms with E-state index in [0.29, 0.717) is 11.3 Å². The molecule has 0 amide bonds. The van der Waals surface area contributed by atoms with Gasteiger partial charge in [0.05, 0.1) is 30.7 Å². The Morgan fingerprint density at radius 2 is 1.76 bits per heavy atom. The first-order chi connectivity index (χ1) is 16.0. The normalized spacial score (nSPS) is 14.1. The zero-order chi connectivity index (χ0) is 24.7. The quantitative estimate of drug-likeness (QED) is 0.369. The van der Waals surface area contributed by atoms with Crippen molar-refractivity contribution in [3.05, 3.63) is 77.5 Å². The molecule has 10 heteroatoms. The van der Waals surface area contributed by atoms with Crippen molar-refractivity contribution in [3.8, 4) is 11.3 Å². The molecule has 0 bridgehead atoms. The second-order valence-electron chi connectivity index (χ2n) is 8.77. The molecular weight excluding hydrogens is 452 g/mol. The summed E-state index contributed by atoms with van der Waals surface area (Å²) in [6.45, 7) is 2.36. The van der Waals surface area contributed by atoms with Crippen LogP contribution in [0.1, 0.15) is 37.1 Å². The van der Waals surface area contributed by atoms with Crippen LogP contribution in [0.15, 0.2) is 54.9 Å². The number of aliphatic hydroxyl groups is 2. The summed E-state index contributed by atoms with van der Waals surface area (Å²) in [7, 11) is 0. The van der Waals surface area contributed by atoms with Gasteiger partial charge in [-0.15, -0.1) is 5.10 Å². The van der Waals surface area contributed by atoms with Gasteiger partial charge in [0.15, 0.2) is 5.60 Å². The van der Waals surface area contributed by atoms with E-state index in [1.807, 2.05) is 16.5 Å². The molecule has 180 valence electrons. The van der Waals surface area contributed by atoms with E-state index >= 15 is 0 Å². The van der Waals surface area contributed by atoms with E-state index in [0.717, 1.165) is 16.6 Å². The van der Waals surface area contributed by atoms with E-state index in [4.69, 9.17) is 0 Å². The summed E-state index contributed by atoms with van der Waals surface area (Å²) in [5.74, 6) is -0.367. The maximum absolute atomic E-state index is 13.5. The van der Waals surface area contributed by atoms with Gasteiger partial charge in [-0.2, -0.15) is 0 Å². The maximum atomic E-state index is 13.5. The minimum atomic E-state index is -3.21. The molecule has 0 aliphatic carbocycles. The van der Waals surface area contributed by atoms with Crippen molar-refractivity contribution in [2.75, 3.05) is 6.67 Å². The van der Waals surface area contributed by atoms with Gasteiger partial charge in [-0.1, -0.05) is 5.21 Å². The second kappa shape index (κ2) is 8.84. The van der Waals surface area contributed by atoms with E-state index < -0.39 is 36.4 Å². The molecule has 0 aliphatic rings. The fraction of sp³-hybridized carbons (Fsp3) is 0.333. The van der Waals surface area contributed by atoms with Gasteiger partial charge < -0.3 is 14.6 Å². The van der Waals surface area contributed by atoms with Gasteiger partial charge in [0.25, 0.3) is 6.43 Å². The average molecular weight is 476 g/mol. The molecule has 0 aliphatic heterocycles. The number of alkyl halides is 3. The first kappa shape index (κ1) is 23.9. The number of nitrogens with zero attached hydrogens (tertiary/aromatic N) is 4. The van der Waals surface area contributed by atoms with Gasteiger partial charge in [-0.3, -0.25) is 4.39 Å². The Morgan fingerprint density at radius 3 is 2.38 bits per heavy atom. The molecule has 0 fully saturated rings. The first-order valence-electron chi connectivity index (χ1n) is 10.6. The molecule has 0 radical (unpaired) electrons. The Bertz CT molecular complexity index is 1290. The molecule has 0 saturated carbocycles. The van der Waals surface area contributed by atoms with Crippen LogP contribution in [0.2, 0.25) is 0 Å². The van der Waals surface area contributed by atoms with Crippen LogP contribution in [-0.4, -0.2) is 42.7 Å². The number of pyridine rings is 1. The molecule has 4 rings (SSSR count). The monoisotopic (exact) mass is 476 g/mol. The van der Waals surface area contributed by atoms with Crippen LogP contribution in [0.4, 0.5) is 17.6 Å². The Morgan fingerprint density at radius 1 is 1.06 bits per heavy atom. The van der Waals surface area contributed by atoms with Crippen LogP contribution in [-0.2, 0) is 17.7 Å². The minimum Gasteiger partial charge on any atom is -0.386 e. The summed E-state index contributed by atoms with van der Waals surface area (Å²) in [5.41, 5.74) is -0.691. The number of rotatable bonds is 8. The van der Waals surface area contributed by atoms with Gasteiger partial charge in [-0.25, -0.2) is 17.9 Å². The summed E-state index contributed by atoms with van der Waals surface area (Å²) in [6.07, 6.45) is -1.04. The molecule has 1 aromatic carbocycles. The third kappa shape index (κ3) is 4.43. The standard InChI is InChI=1S/C24H24F4N4O2/c1-23(2,33)19-12-18-11-15(7-10-32(18)21(19)16-3-5-17(26)6-4-16)13-31-14-20(29-30-31)24(34,8-9-25)22(27)28/h3-7,10-12,14,22,33-34H,8-9,13H2,1-2H3. The van der Waals surface area contributed by atoms with Crippen LogP contribution in [0.25, 0.3) is 16.8 Å². The van der Waals surface area contributed by atoms with Crippen molar-refractivity contribution in [2.24, 2.45) is 0 Å². The molecule has 4 aromatic rings. The predicted molar refractivity (Wildman–Crippen MR) is 118 cm³/mol. The highest BCUT2D eigenvalue weighted by Crippen LogP contribution is 2.35. The van der Waals surface area contributed by atoms with Gasteiger partial charge in [0.2, 0.25) is 0 Å². The lowest BCUT2D eigenvalue weighted by molar-refractivity contribution is -0.112. The van der Waals surface area contributed by atoms with Gasteiger partial charge in [0, 0.05) is 23.7 Å². The van der Waals surface area contributed by atoms with E-state index in [-0.39, 0.29) is 12.4 Å². The van der Waals surface area contributed by atoms with E-state index in [2.05, 4.69) is 10.3 Å².